The van der Waals surface area contributed by atoms with Gasteiger partial charge in [0.05, 0.1) is 0 Å². The Morgan fingerprint density at radius 1 is 1.29 bits per heavy atom. The fraction of sp³-hybridized carbons (Fsp3) is 0.478. The molecule has 1 aromatic carbocycles. The third kappa shape index (κ3) is 5.63. The van der Waals surface area contributed by atoms with Gasteiger partial charge in [0.15, 0.2) is 0 Å². The lowest BCUT2D eigenvalue weighted by Gasteiger charge is -2.29. The van der Waals surface area contributed by atoms with Crippen LogP contribution in [0.1, 0.15) is 67.9 Å². The fourth-order valence-electron chi connectivity index (χ4n) is 3.54. The maximum Gasteiger partial charge on any atom is 0.407 e. The van der Waals surface area contributed by atoms with Crippen molar-refractivity contribution in [3.05, 3.63) is 34.9 Å². The molecule has 4 amide bonds. The molecule has 2 heterocycles. The zero-order valence-corrected chi connectivity index (χ0v) is 18.0. The average Bonchev–Trinajstić information content (AvgIpc) is 3.00. The number of amides is 4. The predicted octanol–water partition coefficient (Wildman–Crippen LogP) is 2.10. The number of nitrogens with zero attached hydrogens (tertiary/aromatic N) is 1. The van der Waals surface area contributed by atoms with Crippen LogP contribution in [0.15, 0.2) is 18.2 Å². The SMILES string of the molecule is CC(C)(C)OC(=O)NCCCC#Cc1cccc2c1CN(C1CCC(=O)NC1=O)C2=O. The summed E-state index contributed by atoms with van der Waals surface area (Å²) in [6, 6.07) is 4.72. The number of unbranched alkanes of at least 4 members (excludes halogenated alkanes) is 1. The molecule has 0 spiro atoms. The number of carbonyl (C=O) groups excluding carboxylic acids is 4. The number of hydrogen-bond donors (Lipinski definition) is 2. The predicted molar refractivity (Wildman–Crippen MR) is 113 cm³/mol. The first-order valence-corrected chi connectivity index (χ1v) is 10.4. The Hall–Kier alpha value is -3.34. The largest absolute Gasteiger partial charge is 0.444 e. The average molecular weight is 425 g/mol. The summed E-state index contributed by atoms with van der Waals surface area (Å²) in [6.07, 6.45) is 1.34. The first kappa shape index (κ1) is 22.3. The van der Waals surface area contributed by atoms with E-state index in [0.717, 1.165) is 11.1 Å². The highest BCUT2D eigenvalue weighted by molar-refractivity contribution is 6.05. The van der Waals surface area contributed by atoms with E-state index >= 15 is 0 Å². The van der Waals surface area contributed by atoms with Gasteiger partial charge in [0.1, 0.15) is 11.6 Å². The summed E-state index contributed by atoms with van der Waals surface area (Å²) in [6.45, 7) is 6.18. The number of ether oxygens (including phenoxy) is 1. The van der Waals surface area contributed by atoms with Crippen molar-refractivity contribution in [2.24, 2.45) is 0 Å². The zero-order chi connectivity index (χ0) is 22.6. The molecule has 1 unspecified atom stereocenters. The second-order valence-corrected chi connectivity index (χ2v) is 8.57. The van der Waals surface area contributed by atoms with E-state index in [1.54, 1.807) is 12.1 Å². The van der Waals surface area contributed by atoms with E-state index in [0.29, 0.717) is 37.9 Å². The van der Waals surface area contributed by atoms with E-state index in [9.17, 15) is 19.2 Å². The molecule has 1 atom stereocenters. The molecule has 1 fully saturated rings. The van der Waals surface area contributed by atoms with Gasteiger partial charge in [0, 0.05) is 37.1 Å². The third-order valence-corrected chi connectivity index (χ3v) is 4.95. The molecule has 1 aromatic rings. The summed E-state index contributed by atoms with van der Waals surface area (Å²) in [4.78, 5) is 49.5. The number of fused-ring (bicyclic) bond motifs is 1. The molecule has 0 aliphatic carbocycles. The van der Waals surface area contributed by atoms with Gasteiger partial charge in [-0.1, -0.05) is 17.9 Å². The Morgan fingerprint density at radius 3 is 2.77 bits per heavy atom. The van der Waals surface area contributed by atoms with Crippen molar-refractivity contribution in [1.82, 2.24) is 15.5 Å². The van der Waals surface area contributed by atoms with Gasteiger partial charge in [-0.05, 0) is 51.3 Å². The van der Waals surface area contributed by atoms with Gasteiger partial charge >= 0.3 is 6.09 Å². The highest BCUT2D eigenvalue weighted by Crippen LogP contribution is 2.29. The molecule has 2 aliphatic rings. The van der Waals surface area contributed by atoms with Gasteiger partial charge in [-0.15, -0.1) is 0 Å². The van der Waals surface area contributed by atoms with Crippen molar-refractivity contribution in [2.45, 2.75) is 64.6 Å². The maximum atomic E-state index is 12.8. The van der Waals surface area contributed by atoms with Crippen LogP contribution in [0, 0.1) is 11.8 Å². The highest BCUT2D eigenvalue weighted by Gasteiger charge is 2.39. The van der Waals surface area contributed by atoms with Gasteiger partial charge < -0.3 is 15.0 Å². The molecule has 3 rings (SSSR count). The number of alkyl carbamates (subject to hydrolysis) is 1. The number of rotatable bonds is 4. The maximum absolute atomic E-state index is 12.8. The van der Waals surface area contributed by atoms with Crippen LogP contribution in [0.4, 0.5) is 4.79 Å². The quantitative estimate of drug-likeness (QED) is 0.437. The van der Waals surface area contributed by atoms with Crippen LogP contribution in [0.25, 0.3) is 0 Å². The molecule has 2 aliphatic heterocycles. The second kappa shape index (κ2) is 9.21. The number of piperidine rings is 1. The van der Waals surface area contributed by atoms with Gasteiger partial charge in [-0.2, -0.15) is 0 Å². The lowest BCUT2D eigenvalue weighted by Crippen LogP contribution is -2.52. The smallest absolute Gasteiger partial charge is 0.407 e. The van der Waals surface area contributed by atoms with Gasteiger partial charge in [-0.25, -0.2) is 4.79 Å². The molecular weight excluding hydrogens is 398 g/mol. The van der Waals surface area contributed by atoms with Gasteiger partial charge in [-0.3, -0.25) is 19.7 Å². The topological polar surface area (TPSA) is 105 Å². The van der Waals surface area contributed by atoms with Crippen LogP contribution in [0.2, 0.25) is 0 Å². The Bertz CT molecular complexity index is 968. The highest BCUT2D eigenvalue weighted by atomic mass is 16.6. The van der Waals surface area contributed by atoms with Gasteiger partial charge in [0.25, 0.3) is 5.91 Å². The molecule has 0 saturated carbocycles. The minimum atomic E-state index is -0.641. The number of carbonyl (C=O) groups is 4. The molecular formula is C23H27N3O5. The minimum Gasteiger partial charge on any atom is -0.444 e. The van der Waals surface area contributed by atoms with Crippen LogP contribution in [-0.4, -0.2) is 46.9 Å². The third-order valence-electron chi connectivity index (χ3n) is 4.95. The Morgan fingerprint density at radius 2 is 2.06 bits per heavy atom. The first-order chi connectivity index (χ1) is 14.7. The van der Waals surface area contributed by atoms with E-state index in [1.807, 2.05) is 26.8 Å². The van der Waals surface area contributed by atoms with E-state index in [2.05, 4.69) is 22.5 Å². The lowest BCUT2D eigenvalue weighted by molar-refractivity contribution is -0.136. The zero-order valence-electron chi connectivity index (χ0n) is 18.0. The molecule has 164 valence electrons. The Balaban J connectivity index is 1.57. The van der Waals surface area contributed by atoms with Crippen LogP contribution >= 0.6 is 0 Å². The van der Waals surface area contributed by atoms with E-state index in [4.69, 9.17) is 4.74 Å². The fourth-order valence-corrected chi connectivity index (χ4v) is 3.54. The van der Waals surface area contributed by atoms with Crippen molar-refractivity contribution in [1.29, 1.82) is 0 Å². The summed E-state index contributed by atoms with van der Waals surface area (Å²) in [7, 11) is 0. The normalized spacial score (nSPS) is 18.1. The number of imide groups is 1. The van der Waals surface area contributed by atoms with E-state index in [1.165, 1.54) is 4.90 Å². The molecule has 8 heteroatoms. The lowest BCUT2D eigenvalue weighted by atomic mass is 10.0. The molecule has 0 bridgehead atoms. The second-order valence-electron chi connectivity index (χ2n) is 8.57. The van der Waals surface area contributed by atoms with Crippen LogP contribution in [0.3, 0.4) is 0 Å². The standard InChI is InChI=1S/C23H27N3O5/c1-23(2,3)31-22(30)24-13-6-4-5-8-15-9-7-10-16-17(15)14-26(21(16)29)18-11-12-19(27)25-20(18)28/h7,9-10,18H,4,6,11-14H2,1-3H3,(H,24,30)(H,25,27,28). The summed E-state index contributed by atoms with van der Waals surface area (Å²) in [5, 5.41) is 5.00. The summed E-state index contributed by atoms with van der Waals surface area (Å²) >= 11 is 0. The molecule has 2 N–H and O–H groups in total. The number of nitrogens with one attached hydrogen (secondary N) is 2. The van der Waals surface area contributed by atoms with Crippen LogP contribution < -0.4 is 10.6 Å². The molecule has 0 radical (unpaired) electrons. The molecule has 8 nitrogen and oxygen atoms in total. The minimum absolute atomic E-state index is 0.213. The molecule has 1 saturated heterocycles. The summed E-state index contributed by atoms with van der Waals surface area (Å²) in [5.74, 6) is 5.24. The number of hydrogen-bond acceptors (Lipinski definition) is 5. The first-order valence-electron chi connectivity index (χ1n) is 10.4. The van der Waals surface area contributed by atoms with Crippen molar-refractivity contribution < 1.29 is 23.9 Å². The Kier molecular flexibility index (Phi) is 6.64. The molecule has 31 heavy (non-hydrogen) atoms. The monoisotopic (exact) mass is 425 g/mol. The van der Waals surface area contributed by atoms with E-state index < -0.39 is 23.6 Å². The van der Waals surface area contributed by atoms with Crippen molar-refractivity contribution in [2.75, 3.05) is 6.54 Å². The van der Waals surface area contributed by atoms with Gasteiger partial charge in [0.2, 0.25) is 11.8 Å². The van der Waals surface area contributed by atoms with Crippen molar-refractivity contribution in [3.8, 4) is 11.8 Å². The van der Waals surface area contributed by atoms with Crippen LogP contribution in [0.5, 0.6) is 0 Å². The van der Waals surface area contributed by atoms with Crippen molar-refractivity contribution in [3.63, 3.8) is 0 Å². The summed E-state index contributed by atoms with van der Waals surface area (Å²) < 4.78 is 5.18. The molecule has 0 aromatic heterocycles. The number of benzene rings is 1. The van der Waals surface area contributed by atoms with E-state index in [-0.39, 0.29) is 18.2 Å². The summed E-state index contributed by atoms with van der Waals surface area (Å²) in [5.41, 5.74) is 1.57. The van der Waals surface area contributed by atoms with Crippen molar-refractivity contribution >= 4 is 23.8 Å². The Labute approximate surface area is 181 Å². The van der Waals surface area contributed by atoms with Crippen LogP contribution in [-0.2, 0) is 20.9 Å².